The van der Waals surface area contributed by atoms with Gasteiger partial charge in [-0.3, -0.25) is 14.5 Å². The van der Waals surface area contributed by atoms with E-state index in [1.54, 1.807) is 55.5 Å². The number of aliphatic hydroxyl groups is 1. The number of benzene rings is 2. The van der Waals surface area contributed by atoms with E-state index in [9.17, 15) is 19.5 Å². The predicted molar refractivity (Wildman–Crippen MR) is 147 cm³/mol. The highest BCUT2D eigenvalue weighted by molar-refractivity contribution is 7.17. The van der Waals surface area contributed by atoms with Crippen molar-refractivity contribution in [2.24, 2.45) is 0 Å². The fraction of sp³-hybridized carbons (Fsp3) is 0.172. The Hall–Kier alpha value is -4.90. The van der Waals surface area contributed by atoms with Crippen LogP contribution >= 0.6 is 11.3 Å². The second-order valence-corrected chi connectivity index (χ2v) is 9.71. The van der Waals surface area contributed by atoms with Gasteiger partial charge in [0.2, 0.25) is 5.78 Å². The lowest BCUT2D eigenvalue weighted by Gasteiger charge is -2.24. The third kappa shape index (κ3) is 4.50. The maximum Gasteiger partial charge on any atom is 0.350 e. The number of ether oxygens (including phenoxy) is 3. The van der Waals surface area contributed by atoms with Crippen molar-refractivity contribution in [1.82, 2.24) is 4.98 Å². The van der Waals surface area contributed by atoms with Gasteiger partial charge in [0, 0.05) is 5.39 Å². The topological polar surface area (TPSA) is 128 Å². The third-order valence-corrected chi connectivity index (χ3v) is 7.45. The van der Waals surface area contributed by atoms with E-state index in [0.717, 1.165) is 11.3 Å². The molecule has 0 radical (unpaired) electrons. The first-order valence-corrected chi connectivity index (χ1v) is 12.9. The molecular formula is C29H24N2O8S. The van der Waals surface area contributed by atoms with Crippen LogP contribution in [0.2, 0.25) is 0 Å². The molecule has 40 heavy (non-hydrogen) atoms. The van der Waals surface area contributed by atoms with E-state index in [-0.39, 0.29) is 27.9 Å². The third-order valence-electron chi connectivity index (χ3n) is 6.31. The molecule has 0 fully saturated rings. The molecule has 1 N–H and O–H groups in total. The van der Waals surface area contributed by atoms with Crippen molar-refractivity contribution < 1.29 is 38.1 Å². The van der Waals surface area contributed by atoms with Gasteiger partial charge in [0.15, 0.2) is 28.0 Å². The second kappa shape index (κ2) is 10.7. The van der Waals surface area contributed by atoms with Crippen LogP contribution in [0.15, 0.2) is 76.9 Å². The minimum atomic E-state index is -1.11. The summed E-state index contributed by atoms with van der Waals surface area (Å²) in [4.78, 5) is 45.6. The first-order chi connectivity index (χ1) is 19.3. The van der Waals surface area contributed by atoms with Crippen LogP contribution in [0, 0.1) is 6.92 Å². The van der Waals surface area contributed by atoms with Gasteiger partial charge in [-0.05, 0) is 36.8 Å². The lowest BCUT2D eigenvalue weighted by Crippen LogP contribution is -2.31. The fourth-order valence-electron chi connectivity index (χ4n) is 4.49. The van der Waals surface area contributed by atoms with Gasteiger partial charge in [-0.25, -0.2) is 9.78 Å². The minimum absolute atomic E-state index is 0.0923. The van der Waals surface area contributed by atoms with Crippen molar-refractivity contribution >= 4 is 45.1 Å². The van der Waals surface area contributed by atoms with E-state index >= 15 is 0 Å². The molecular weight excluding hydrogens is 536 g/mol. The van der Waals surface area contributed by atoms with Crippen LogP contribution < -0.4 is 14.4 Å². The molecule has 1 unspecified atom stereocenters. The summed E-state index contributed by atoms with van der Waals surface area (Å²) in [6.45, 7) is 5.49. The van der Waals surface area contributed by atoms with Crippen molar-refractivity contribution in [3.05, 3.63) is 94.4 Å². The molecule has 11 heteroatoms. The Bertz CT molecular complexity index is 1700. The average molecular weight is 561 g/mol. The van der Waals surface area contributed by atoms with Crippen molar-refractivity contribution in [3.63, 3.8) is 0 Å². The monoisotopic (exact) mass is 560 g/mol. The minimum Gasteiger partial charge on any atom is -0.503 e. The summed E-state index contributed by atoms with van der Waals surface area (Å²) in [5, 5.41) is 11.8. The number of aliphatic hydroxyl groups excluding tert-OH is 1. The van der Waals surface area contributed by atoms with Crippen molar-refractivity contribution in [3.8, 4) is 11.5 Å². The molecule has 3 heterocycles. The van der Waals surface area contributed by atoms with Crippen LogP contribution in [-0.4, -0.2) is 48.6 Å². The number of furan rings is 1. The van der Waals surface area contributed by atoms with Crippen molar-refractivity contribution in [1.29, 1.82) is 0 Å². The summed E-state index contributed by atoms with van der Waals surface area (Å²) in [6.07, 6.45) is 1.58. The normalized spacial score (nSPS) is 15.0. The van der Waals surface area contributed by atoms with E-state index in [0.29, 0.717) is 33.7 Å². The Morgan fingerprint density at radius 3 is 2.70 bits per heavy atom. The number of hydrogen-bond acceptors (Lipinski definition) is 10. The molecule has 1 aliphatic heterocycles. The highest BCUT2D eigenvalue weighted by atomic mass is 32.1. The van der Waals surface area contributed by atoms with E-state index in [4.69, 9.17) is 18.6 Å². The van der Waals surface area contributed by atoms with Gasteiger partial charge in [-0.2, -0.15) is 0 Å². The van der Waals surface area contributed by atoms with Crippen LogP contribution in [0.1, 0.15) is 37.5 Å². The number of anilines is 1. The number of amides is 1. The Morgan fingerprint density at radius 1 is 1.20 bits per heavy atom. The first-order valence-electron chi connectivity index (χ1n) is 12.1. The molecule has 0 spiro atoms. The van der Waals surface area contributed by atoms with Crippen LogP contribution in [0.3, 0.4) is 0 Å². The number of carbonyl (C=O) groups excluding carboxylic acids is 3. The number of carbonyl (C=O) groups is 3. The summed E-state index contributed by atoms with van der Waals surface area (Å²) < 4.78 is 21.7. The Labute approximate surface area is 232 Å². The number of fused-ring (bicyclic) bond motifs is 1. The number of aryl methyl sites for hydroxylation is 1. The van der Waals surface area contributed by atoms with Gasteiger partial charge in [0.05, 0.1) is 31.5 Å². The Kier molecular flexibility index (Phi) is 7.14. The van der Waals surface area contributed by atoms with Crippen LogP contribution in [0.4, 0.5) is 5.13 Å². The quantitative estimate of drug-likeness (QED) is 0.164. The van der Waals surface area contributed by atoms with Crippen LogP contribution in [0.5, 0.6) is 11.5 Å². The van der Waals surface area contributed by atoms with Gasteiger partial charge in [-0.15, -0.1) is 0 Å². The second-order valence-electron chi connectivity index (χ2n) is 8.73. The van der Waals surface area contributed by atoms with Crippen LogP contribution in [0.25, 0.3) is 11.0 Å². The largest absolute Gasteiger partial charge is 0.503 e. The highest BCUT2D eigenvalue weighted by Gasteiger charge is 2.47. The molecule has 0 bridgehead atoms. The zero-order valence-electron chi connectivity index (χ0n) is 21.8. The standard InChI is InChI=1S/C29H24N2O8S/c1-5-12-38-18-10-6-8-16(13-18)22-21(23(32)20-14-17-9-7-11-19(36-3)25(17)39-20)24(33)27(34)31(22)29-30-15(2)26(40-29)28(35)37-4/h5-11,13-14,22,33H,1,12H2,2-4H3. The van der Waals surface area contributed by atoms with Crippen LogP contribution in [-0.2, 0) is 9.53 Å². The summed E-state index contributed by atoms with van der Waals surface area (Å²) in [5.41, 5.74) is 0.939. The number of rotatable bonds is 9. The fourth-order valence-corrected chi connectivity index (χ4v) is 5.50. The molecule has 1 amide bonds. The van der Waals surface area contributed by atoms with Crippen molar-refractivity contribution in [2.45, 2.75) is 13.0 Å². The summed E-state index contributed by atoms with van der Waals surface area (Å²) in [6, 6.07) is 12.4. The molecule has 5 rings (SSSR count). The molecule has 2 aromatic carbocycles. The number of para-hydroxylation sites is 1. The molecule has 1 aliphatic rings. The molecule has 2 aromatic heterocycles. The zero-order chi connectivity index (χ0) is 28.6. The number of methoxy groups -OCH3 is 2. The highest BCUT2D eigenvalue weighted by Crippen LogP contribution is 2.45. The summed E-state index contributed by atoms with van der Waals surface area (Å²) >= 11 is 0.916. The van der Waals surface area contributed by atoms with Gasteiger partial charge >= 0.3 is 5.97 Å². The van der Waals surface area contributed by atoms with Gasteiger partial charge < -0.3 is 23.7 Å². The molecule has 1 atom stereocenters. The average Bonchev–Trinajstić information content (AvgIpc) is 3.65. The predicted octanol–water partition coefficient (Wildman–Crippen LogP) is 5.34. The van der Waals surface area contributed by atoms with Gasteiger partial charge in [0.25, 0.3) is 5.91 Å². The van der Waals surface area contributed by atoms with Gasteiger partial charge in [-0.1, -0.05) is 48.3 Å². The molecule has 10 nitrogen and oxygen atoms in total. The number of ketones is 1. The zero-order valence-corrected chi connectivity index (χ0v) is 22.6. The van der Waals surface area contributed by atoms with Gasteiger partial charge in [0.1, 0.15) is 17.2 Å². The molecule has 0 saturated carbocycles. The number of nitrogens with zero attached hydrogens (tertiary/aromatic N) is 2. The smallest absolute Gasteiger partial charge is 0.350 e. The maximum atomic E-state index is 13.9. The molecule has 0 aliphatic carbocycles. The lowest BCUT2D eigenvalue weighted by molar-refractivity contribution is -0.117. The SMILES string of the molecule is C=CCOc1cccc(C2C(C(=O)c3cc4cccc(OC)c4o3)=C(O)C(=O)N2c2nc(C)c(C(=O)OC)s2)c1. The summed E-state index contributed by atoms with van der Waals surface area (Å²) in [7, 11) is 2.73. The number of aromatic nitrogens is 1. The number of Topliss-reactive ketones (excluding diaryl/α,β-unsaturated/α-hetero) is 1. The molecule has 4 aromatic rings. The van der Waals surface area contributed by atoms with E-state index < -0.39 is 29.5 Å². The lowest BCUT2D eigenvalue weighted by atomic mass is 9.95. The summed E-state index contributed by atoms with van der Waals surface area (Å²) in [5.74, 6) is -2.13. The first kappa shape index (κ1) is 26.7. The van der Waals surface area contributed by atoms with Crippen molar-refractivity contribution in [2.75, 3.05) is 25.7 Å². The number of thiazole rings is 1. The molecule has 0 saturated heterocycles. The Morgan fingerprint density at radius 2 is 1.98 bits per heavy atom. The molecule has 204 valence electrons. The van der Waals surface area contributed by atoms with E-state index in [2.05, 4.69) is 11.6 Å². The number of hydrogen-bond donors (Lipinski definition) is 1. The van der Waals surface area contributed by atoms with E-state index in [1.165, 1.54) is 25.2 Å². The van der Waals surface area contributed by atoms with E-state index in [1.807, 2.05) is 0 Å². The maximum absolute atomic E-state index is 13.9. The Balaban J connectivity index is 1.66. The number of esters is 1.